The number of hydrogen-bond acceptors (Lipinski definition) is 5. The average Bonchev–Trinajstić information content (AvgIpc) is 2.87. The number of rotatable bonds is 6. The summed E-state index contributed by atoms with van der Waals surface area (Å²) in [6, 6.07) is 8.95. The lowest BCUT2D eigenvalue weighted by molar-refractivity contribution is -0.147. The molecule has 0 fully saturated rings. The molecule has 8 heteroatoms. The first-order valence-corrected chi connectivity index (χ1v) is 10.9. The van der Waals surface area contributed by atoms with Gasteiger partial charge in [0, 0.05) is 12.3 Å². The van der Waals surface area contributed by atoms with Crippen molar-refractivity contribution in [2.75, 3.05) is 6.26 Å². The number of esters is 1. The average molecular weight is 422 g/mol. The van der Waals surface area contributed by atoms with Gasteiger partial charge < -0.3 is 9.47 Å². The van der Waals surface area contributed by atoms with E-state index in [1.807, 2.05) is 6.92 Å². The molecule has 0 aliphatic carbocycles. The van der Waals surface area contributed by atoms with E-state index in [4.69, 9.17) is 9.47 Å². The number of cyclic esters (lactones) is 1. The van der Waals surface area contributed by atoms with Crippen LogP contribution in [0.15, 0.2) is 53.1 Å². The number of sulfone groups is 1. The third-order valence-electron chi connectivity index (χ3n) is 4.67. The predicted octanol–water partition coefficient (Wildman–Crippen LogP) is 4.27. The fourth-order valence-corrected chi connectivity index (χ4v) is 3.98. The maximum absolute atomic E-state index is 13.6. The molecule has 1 heterocycles. The summed E-state index contributed by atoms with van der Waals surface area (Å²) in [5, 5.41) is 0. The zero-order valence-electron chi connectivity index (χ0n) is 16.2. The predicted molar refractivity (Wildman–Crippen MR) is 103 cm³/mol. The summed E-state index contributed by atoms with van der Waals surface area (Å²) in [6.45, 7) is 3.66. The lowest BCUT2D eigenvalue weighted by Gasteiger charge is -2.26. The summed E-state index contributed by atoms with van der Waals surface area (Å²) in [5.41, 5.74) is -0.0438. The van der Waals surface area contributed by atoms with Gasteiger partial charge >= 0.3 is 5.97 Å². The molecular weight excluding hydrogens is 402 g/mol. The van der Waals surface area contributed by atoms with Gasteiger partial charge in [0.05, 0.1) is 10.5 Å². The summed E-state index contributed by atoms with van der Waals surface area (Å²) in [5.74, 6) is -3.06. The molecule has 3 rings (SSSR count). The van der Waals surface area contributed by atoms with Crippen molar-refractivity contribution >= 4 is 21.4 Å². The van der Waals surface area contributed by atoms with Crippen molar-refractivity contribution in [1.29, 1.82) is 0 Å². The molecule has 0 saturated carbocycles. The van der Waals surface area contributed by atoms with E-state index in [0.717, 1.165) is 18.4 Å². The van der Waals surface area contributed by atoms with Gasteiger partial charge in [0.15, 0.2) is 21.5 Å². The molecule has 1 unspecified atom stereocenters. The van der Waals surface area contributed by atoms with Gasteiger partial charge in [-0.25, -0.2) is 22.0 Å². The Labute approximate surface area is 167 Å². The molecule has 0 spiro atoms. The first-order valence-electron chi connectivity index (χ1n) is 8.96. The number of hydrogen-bond donors (Lipinski definition) is 0. The first kappa shape index (κ1) is 21.0. The highest BCUT2D eigenvalue weighted by molar-refractivity contribution is 7.90. The van der Waals surface area contributed by atoms with Crippen LogP contribution in [0.2, 0.25) is 0 Å². The minimum absolute atomic E-state index is 0.0538. The van der Waals surface area contributed by atoms with E-state index in [2.05, 4.69) is 0 Å². The molecule has 0 N–H and O–H groups in total. The first-order chi connectivity index (χ1) is 13.5. The molecule has 154 valence electrons. The van der Waals surface area contributed by atoms with Gasteiger partial charge in [-0.15, -0.1) is 0 Å². The molecular formula is C21H20F2O5S. The van der Waals surface area contributed by atoms with Gasteiger partial charge in [0.2, 0.25) is 5.76 Å². The highest BCUT2D eigenvalue weighted by Crippen LogP contribution is 2.43. The molecule has 5 nitrogen and oxygen atoms in total. The van der Waals surface area contributed by atoms with E-state index in [0.29, 0.717) is 24.0 Å². The van der Waals surface area contributed by atoms with Crippen LogP contribution in [0, 0.1) is 11.6 Å². The van der Waals surface area contributed by atoms with E-state index >= 15 is 0 Å². The van der Waals surface area contributed by atoms with Crippen LogP contribution in [-0.2, 0) is 19.4 Å². The van der Waals surface area contributed by atoms with Crippen LogP contribution in [-0.4, -0.2) is 26.2 Å². The number of halogens is 2. The highest BCUT2D eigenvalue weighted by atomic mass is 32.2. The fourth-order valence-electron chi connectivity index (χ4n) is 3.35. The van der Waals surface area contributed by atoms with E-state index in [9.17, 15) is 22.0 Å². The zero-order valence-corrected chi connectivity index (χ0v) is 17.0. The number of ether oxygens (including phenoxy) is 2. The Hall–Kier alpha value is -2.74. The van der Waals surface area contributed by atoms with Crippen LogP contribution in [0.3, 0.4) is 0 Å². The van der Waals surface area contributed by atoms with Crippen molar-refractivity contribution in [2.45, 2.75) is 37.2 Å². The smallest absolute Gasteiger partial charge is 0.375 e. The van der Waals surface area contributed by atoms with Crippen molar-refractivity contribution in [3.05, 3.63) is 65.4 Å². The number of benzene rings is 2. The van der Waals surface area contributed by atoms with Gasteiger partial charge in [-0.05, 0) is 43.2 Å². The molecule has 1 atom stereocenters. The van der Waals surface area contributed by atoms with Crippen LogP contribution in [0.25, 0.3) is 5.57 Å². The Morgan fingerprint density at radius 2 is 1.72 bits per heavy atom. The minimum atomic E-state index is -3.39. The van der Waals surface area contributed by atoms with Crippen molar-refractivity contribution in [1.82, 2.24) is 0 Å². The molecule has 0 bridgehead atoms. The van der Waals surface area contributed by atoms with Gasteiger partial charge in [-0.3, -0.25) is 0 Å². The van der Waals surface area contributed by atoms with Crippen molar-refractivity contribution < 1.29 is 31.5 Å². The van der Waals surface area contributed by atoms with E-state index in [-0.39, 0.29) is 16.4 Å². The third kappa shape index (κ3) is 4.17. The van der Waals surface area contributed by atoms with Crippen LogP contribution in [0.4, 0.5) is 8.78 Å². The fraction of sp³-hybridized carbons (Fsp3) is 0.286. The Balaban J connectivity index is 2.12. The van der Waals surface area contributed by atoms with Crippen LogP contribution in [0.5, 0.6) is 5.75 Å². The molecule has 0 amide bonds. The Morgan fingerprint density at radius 3 is 2.28 bits per heavy atom. The van der Waals surface area contributed by atoms with Crippen LogP contribution >= 0.6 is 0 Å². The maximum atomic E-state index is 13.6. The molecule has 1 aliphatic heterocycles. The summed E-state index contributed by atoms with van der Waals surface area (Å²) in [6.07, 6.45) is 2.29. The van der Waals surface area contributed by atoms with Gasteiger partial charge in [-0.1, -0.05) is 25.5 Å². The minimum Gasteiger partial charge on any atom is -0.449 e. The Kier molecular flexibility index (Phi) is 5.49. The monoisotopic (exact) mass is 422 g/mol. The summed E-state index contributed by atoms with van der Waals surface area (Å²) >= 11 is 0. The van der Waals surface area contributed by atoms with Gasteiger partial charge in [0.25, 0.3) is 0 Å². The second-order valence-corrected chi connectivity index (χ2v) is 9.06. The highest BCUT2D eigenvalue weighted by Gasteiger charge is 2.45. The van der Waals surface area contributed by atoms with Gasteiger partial charge in [-0.2, -0.15) is 0 Å². The molecule has 2 aromatic rings. The second-order valence-electron chi connectivity index (χ2n) is 7.05. The normalized spacial score (nSPS) is 19.4. The molecule has 1 aliphatic rings. The molecule has 0 radical (unpaired) electrons. The van der Waals surface area contributed by atoms with Crippen molar-refractivity contribution in [3.8, 4) is 5.75 Å². The maximum Gasteiger partial charge on any atom is 0.375 e. The Bertz CT molecular complexity index is 1090. The Morgan fingerprint density at radius 1 is 1.07 bits per heavy atom. The van der Waals surface area contributed by atoms with Crippen LogP contribution < -0.4 is 4.74 Å². The molecule has 0 aromatic heterocycles. The quantitative estimate of drug-likeness (QED) is 0.650. The SMILES string of the molecule is CCCC1(C)OC(=O)C(Oc2ccc(F)c(F)c2)=C1c1ccc(S(C)(=O)=O)cc1. The lowest BCUT2D eigenvalue weighted by atomic mass is 9.86. The van der Waals surface area contributed by atoms with E-state index < -0.39 is 33.0 Å². The number of carbonyl (C=O) groups is 1. The second kappa shape index (κ2) is 7.59. The van der Waals surface area contributed by atoms with E-state index in [1.165, 1.54) is 18.2 Å². The summed E-state index contributed by atoms with van der Waals surface area (Å²) in [7, 11) is -3.39. The van der Waals surface area contributed by atoms with E-state index in [1.54, 1.807) is 19.1 Å². The third-order valence-corrected chi connectivity index (χ3v) is 5.80. The number of carbonyl (C=O) groups excluding carboxylic acids is 1. The molecule has 0 saturated heterocycles. The standard InChI is InChI=1S/C21H20F2O5S/c1-4-11-21(2)18(13-5-8-15(9-6-13)29(3,25)26)19(20(24)28-21)27-14-7-10-16(22)17(23)12-14/h5-10,12H,4,11H2,1-3H3. The topological polar surface area (TPSA) is 69.7 Å². The summed E-state index contributed by atoms with van der Waals surface area (Å²) < 4.78 is 61.4. The summed E-state index contributed by atoms with van der Waals surface area (Å²) in [4.78, 5) is 12.7. The molecule has 29 heavy (non-hydrogen) atoms. The van der Waals surface area contributed by atoms with Crippen molar-refractivity contribution in [2.24, 2.45) is 0 Å². The molecule has 2 aromatic carbocycles. The lowest BCUT2D eigenvalue weighted by Crippen LogP contribution is -2.27. The van der Waals surface area contributed by atoms with Gasteiger partial charge in [0.1, 0.15) is 11.4 Å². The van der Waals surface area contributed by atoms with Crippen molar-refractivity contribution in [3.63, 3.8) is 0 Å². The largest absolute Gasteiger partial charge is 0.449 e. The zero-order chi connectivity index (χ0) is 21.4. The van der Waals surface area contributed by atoms with Crippen LogP contribution in [0.1, 0.15) is 32.3 Å².